The molecule has 5 heteroatoms. The molecule has 1 amide bonds. The number of para-hydroxylation sites is 1. The molecule has 0 fully saturated rings. The first-order valence-electron chi connectivity index (χ1n) is 11.0. The van der Waals surface area contributed by atoms with Crippen LogP contribution in [-0.2, 0) is 16.8 Å². The second-order valence-electron chi connectivity index (χ2n) is 9.07. The van der Waals surface area contributed by atoms with Gasteiger partial charge < -0.3 is 14.4 Å². The molecule has 0 aliphatic carbocycles. The Balaban J connectivity index is 1.67. The summed E-state index contributed by atoms with van der Waals surface area (Å²) >= 11 is 6.07. The van der Waals surface area contributed by atoms with Gasteiger partial charge in [0.15, 0.2) is 0 Å². The maximum Gasteiger partial charge on any atom is 0.242 e. The van der Waals surface area contributed by atoms with Gasteiger partial charge in [0.05, 0.1) is 13.2 Å². The highest BCUT2D eigenvalue weighted by Gasteiger charge is 2.58. The lowest BCUT2D eigenvalue weighted by atomic mass is 9.67. The number of fused-ring (bicyclic) bond motifs is 4. The molecule has 1 unspecified atom stereocenters. The van der Waals surface area contributed by atoms with Crippen molar-refractivity contribution in [3.63, 3.8) is 0 Å². The van der Waals surface area contributed by atoms with Gasteiger partial charge in [0.2, 0.25) is 5.91 Å². The predicted octanol–water partition coefficient (Wildman–Crippen LogP) is 6.13. The summed E-state index contributed by atoms with van der Waals surface area (Å²) in [6, 6.07) is 21.6. The molecule has 3 aromatic rings. The van der Waals surface area contributed by atoms with Gasteiger partial charge in [-0.05, 0) is 56.2 Å². The lowest BCUT2D eigenvalue weighted by Gasteiger charge is -2.43. The maximum absolute atomic E-state index is 14.3. The molecule has 1 atom stereocenters. The Hall–Kier alpha value is -2.98. The minimum absolute atomic E-state index is 0.0791. The highest BCUT2D eigenvalue weighted by Crippen LogP contribution is 2.56. The molecule has 32 heavy (non-hydrogen) atoms. The molecular weight excluding hydrogens is 422 g/mol. The second kappa shape index (κ2) is 7.56. The van der Waals surface area contributed by atoms with E-state index >= 15 is 0 Å². The van der Waals surface area contributed by atoms with E-state index in [0.717, 1.165) is 28.1 Å². The quantitative estimate of drug-likeness (QED) is 0.482. The summed E-state index contributed by atoms with van der Waals surface area (Å²) in [7, 11) is 0. The standard InChI is InChI=1S/C27H26ClNO3/c1-4-31-20-13-14-22-24(15-20)32-26(2,3)17-27(22)21-7-5-6-8-23(21)29(25(27)30)16-18-9-11-19(28)12-10-18/h5-15H,4,16-17H2,1-3H3. The summed E-state index contributed by atoms with van der Waals surface area (Å²) in [5, 5.41) is 0.684. The zero-order valence-electron chi connectivity index (χ0n) is 18.5. The topological polar surface area (TPSA) is 38.8 Å². The van der Waals surface area contributed by atoms with Crippen LogP contribution in [0.5, 0.6) is 11.5 Å². The maximum atomic E-state index is 14.3. The first-order chi connectivity index (χ1) is 15.3. The number of halogens is 1. The van der Waals surface area contributed by atoms with Gasteiger partial charge >= 0.3 is 0 Å². The van der Waals surface area contributed by atoms with E-state index in [0.29, 0.717) is 30.3 Å². The molecule has 5 rings (SSSR count). The second-order valence-corrected chi connectivity index (χ2v) is 9.51. The number of nitrogens with zero attached hydrogens (tertiary/aromatic N) is 1. The summed E-state index contributed by atoms with van der Waals surface area (Å²) in [4.78, 5) is 16.2. The molecule has 0 radical (unpaired) electrons. The molecule has 2 aliphatic rings. The van der Waals surface area contributed by atoms with Crippen molar-refractivity contribution in [1.82, 2.24) is 0 Å². The fourth-order valence-electron chi connectivity index (χ4n) is 5.15. The van der Waals surface area contributed by atoms with Crippen LogP contribution in [0.3, 0.4) is 0 Å². The number of anilines is 1. The number of hydrogen-bond acceptors (Lipinski definition) is 3. The van der Waals surface area contributed by atoms with Crippen LogP contribution >= 0.6 is 11.6 Å². The zero-order chi connectivity index (χ0) is 22.5. The van der Waals surface area contributed by atoms with E-state index in [1.54, 1.807) is 0 Å². The Morgan fingerprint density at radius 2 is 1.78 bits per heavy atom. The SMILES string of the molecule is CCOc1ccc2c(c1)OC(C)(C)CC21C(=O)N(Cc2ccc(Cl)cc2)c2ccccc21. The number of carbonyl (C=O) groups is 1. The molecule has 0 saturated heterocycles. The Morgan fingerprint density at radius 3 is 2.53 bits per heavy atom. The van der Waals surface area contributed by atoms with Crippen molar-refractivity contribution in [3.05, 3.63) is 88.4 Å². The number of rotatable bonds is 4. The van der Waals surface area contributed by atoms with Gasteiger partial charge in [-0.2, -0.15) is 0 Å². The number of ether oxygens (including phenoxy) is 2. The van der Waals surface area contributed by atoms with Crippen molar-refractivity contribution in [2.45, 2.75) is 44.8 Å². The molecule has 1 spiro atoms. The van der Waals surface area contributed by atoms with Crippen LogP contribution in [0.25, 0.3) is 0 Å². The molecule has 3 aromatic carbocycles. The minimum Gasteiger partial charge on any atom is -0.494 e. The van der Waals surface area contributed by atoms with Gasteiger partial charge in [0.1, 0.15) is 22.5 Å². The Labute approximate surface area is 193 Å². The van der Waals surface area contributed by atoms with Crippen LogP contribution in [0.1, 0.15) is 43.9 Å². The third-order valence-corrected chi connectivity index (χ3v) is 6.57. The third-order valence-electron chi connectivity index (χ3n) is 6.32. The minimum atomic E-state index is -0.801. The van der Waals surface area contributed by atoms with E-state index < -0.39 is 11.0 Å². The average Bonchev–Trinajstić information content (AvgIpc) is 2.98. The third kappa shape index (κ3) is 3.25. The predicted molar refractivity (Wildman–Crippen MR) is 127 cm³/mol. The van der Waals surface area contributed by atoms with Crippen LogP contribution in [0.2, 0.25) is 5.02 Å². The van der Waals surface area contributed by atoms with Crippen LogP contribution in [-0.4, -0.2) is 18.1 Å². The van der Waals surface area contributed by atoms with Crippen molar-refractivity contribution in [2.75, 3.05) is 11.5 Å². The number of carbonyl (C=O) groups excluding carboxylic acids is 1. The molecule has 2 aliphatic heterocycles. The molecule has 0 N–H and O–H groups in total. The van der Waals surface area contributed by atoms with Gasteiger partial charge in [0.25, 0.3) is 0 Å². The molecule has 0 saturated carbocycles. The Kier molecular flexibility index (Phi) is 4.94. The molecule has 4 nitrogen and oxygen atoms in total. The van der Waals surface area contributed by atoms with E-state index in [1.165, 1.54) is 0 Å². The summed E-state index contributed by atoms with van der Waals surface area (Å²) in [6.07, 6.45) is 0.563. The van der Waals surface area contributed by atoms with E-state index in [4.69, 9.17) is 21.1 Å². The van der Waals surface area contributed by atoms with Gasteiger partial charge in [-0.25, -0.2) is 0 Å². The summed E-state index contributed by atoms with van der Waals surface area (Å²) in [6.45, 7) is 7.11. The van der Waals surface area contributed by atoms with E-state index in [2.05, 4.69) is 6.07 Å². The molecule has 0 aromatic heterocycles. The molecule has 0 bridgehead atoms. The van der Waals surface area contributed by atoms with Gasteiger partial charge in [-0.15, -0.1) is 0 Å². The highest BCUT2D eigenvalue weighted by molar-refractivity contribution is 6.30. The van der Waals surface area contributed by atoms with Crippen LogP contribution in [0, 0.1) is 0 Å². The van der Waals surface area contributed by atoms with Crippen molar-refractivity contribution >= 4 is 23.2 Å². The lowest BCUT2D eigenvalue weighted by Crippen LogP contribution is -2.50. The average molecular weight is 448 g/mol. The van der Waals surface area contributed by atoms with E-state index in [9.17, 15) is 4.79 Å². The first-order valence-corrected chi connectivity index (χ1v) is 11.3. The van der Waals surface area contributed by atoms with Gasteiger partial charge in [-0.3, -0.25) is 4.79 Å². The van der Waals surface area contributed by atoms with Gasteiger partial charge in [0, 0.05) is 28.8 Å². The number of hydrogen-bond donors (Lipinski definition) is 0. The van der Waals surface area contributed by atoms with Crippen molar-refractivity contribution < 1.29 is 14.3 Å². The van der Waals surface area contributed by atoms with Crippen LogP contribution in [0.4, 0.5) is 5.69 Å². The molecular formula is C27H26ClNO3. The fraction of sp³-hybridized carbons (Fsp3) is 0.296. The summed E-state index contributed by atoms with van der Waals surface area (Å²) in [5.74, 6) is 1.54. The van der Waals surface area contributed by atoms with Gasteiger partial charge in [-0.1, -0.05) is 48.0 Å². The van der Waals surface area contributed by atoms with Crippen LogP contribution < -0.4 is 14.4 Å². The van der Waals surface area contributed by atoms with Crippen molar-refractivity contribution in [3.8, 4) is 11.5 Å². The van der Waals surface area contributed by atoms with E-state index in [-0.39, 0.29) is 5.91 Å². The summed E-state index contributed by atoms with van der Waals surface area (Å²) < 4.78 is 12.1. The highest BCUT2D eigenvalue weighted by atomic mass is 35.5. The largest absolute Gasteiger partial charge is 0.494 e. The fourth-order valence-corrected chi connectivity index (χ4v) is 5.28. The van der Waals surface area contributed by atoms with E-state index in [1.807, 2.05) is 86.3 Å². The number of benzene rings is 3. The smallest absolute Gasteiger partial charge is 0.242 e. The lowest BCUT2D eigenvalue weighted by molar-refractivity contribution is -0.124. The molecule has 164 valence electrons. The monoisotopic (exact) mass is 447 g/mol. The van der Waals surface area contributed by atoms with Crippen LogP contribution in [0.15, 0.2) is 66.7 Å². The normalized spacial score (nSPS) is 20.6. The first kappa shape index (κ1) is 20.9. The van der Waals surface area contributed by atoms with Crippen molar-refractivity contribution in [2.24, 2.45) is 0 Å². The summed E-state index contributed by atoms with van der Waals surface area (Å²) in [5.41, 5.74) is 2.59. The Morgan fingerprint density at radius 1 is 1.03 bits per heavy atom. The van der Waals surface area contributed by atoms with Crippen molar-refractivity contribution in [1.29, 1.82) is 0 Å². The zero-order valence-corrected chi connectivity index (χ0v) is 19.3. The molecule has 2 heterocycles. The Bertz CT molecular complexity index is 1190. The number of amides is 1.